The molecule has 1 aliphatic heterocycles. The number of carbonyl (C=O) groups excluding carboxylic acids is 1. The van der Waals surface area contributed by atoms with Gasteiger partial charge in [0.2, 0.25) is 5.91 Å². The van der Waals surface area contributed by atoms with E-state index in [0.717, 1.165) is 30.7 Å². The zero-order chi connectivity index (χ0) is 13.2. The van der Waals surface area contributed by atoms with Gasteiger partial charge in [0.25, 0.3) is 0 Å². The van der Waals surface area contributed by atoms with Gasteiger partial charge in [0.1, 0.15) is 5.65 Å². The first kappa shape index (κ1) is 12.2. The number of fused-ring (bicyclic) bond motifs is 1. The lowest BCUT2D eigenvalue weighted by Crippen LogP contribution is -2.25. The van der Waals surface area contributed by atoms with Crippen LogP contribution < -0.4 is 0 Å². The molecule has 2 aromatic rings. The van der Waals surface area contributed by atoms with Gasteiger partial charge >= 0.3 is 0 Å². The maximum absolute atomic E-state index is 12.0. The Balaban J connectivity index is 1.76. The summed E-state index contributed by atoms with van der Waals surface area (Å²) in [5, 5.41) is 0. The normalized spacial score (nSPS) is 19.5. The Morgan fingerprint density at radius 1 is 1.42 bits per heavy atom. The molecule has 19 heavy (non-hydrogen) atoms. The zero-order valence-corrected chi connectivity index (χ0v) is 11.2. The van der Waals surface area contributed by atoms with Crippen molar-refractivity contribution in [1.29, 1.82) is 0 Å². The fraction of sp³-hybridized carbons (Fsp3) is 0.467. The molecule has 0 aromatic carbocycles. The van der Waals surface area contributed by atoms with Gasteiger partial charge in [-0.2, -0.15) is 0 Å². The standard InChI is InChI=1S/C15H19N3O/c1-2-5-12-8-15(19)17(10-12)11-13-9-16-14-6-3-4-7-18(13)14/h3-4,6-7,9,12H,2,5,8,10-11H2,1H3. The van der Waals surface area contributed by atoms with E-state index in [4.69, 9.17) is 0 Å². The summed E-state index contributed by atoms with van der Waals surface area (Å²) >= 11 is 0. The highest BCUT2D eigenvalue weighted by Gasteiger charge is 2.29. The smallest absolute Gasteiger partial charge is 0.223 e. The molecule has 1 amide bonds. The van der Waals surface area contributed by atoms with Gasteiger partial charge in [0, 0.05) is 19.2 Å². The molecule has 1 atom stereocenters. The molecule has 3 rings (SSSR count). The Morgan fingerprint density at radius 2 is 2.32 bits per heavy atom. The van der Waals surface area contributed by atoms with E-state index in [9.17, 15) is 4.79 Å². The average Bonchev–Trinajstić information content (AvgIpc) is 2.96. The summed E-state index contributed by atoms with van der Waals surface area (Å²) in [6, 6.07) is 5.95. The lowest BCUT2D eigenvalue weighted by Gasteiger charge is -2.16. The van der Waals surface area contributed by atoms with Gasteiger partial charge in [0.15, 0.2) is 0 Å². The number of hydrogen-bond acceptors (Lipinski definition) is 2. The number of aromatic nitrogens is 2. The van der Waals surface area contributed by atoms with Crippen LogP contribution in [0.2, 0.25) is 0 Å². The average molecular weight is 257 g/mol. The lowest BCUT2D eigenvalue weighted by atomic mass is 10.0. The SMILES string of the molecule is CCCC1CC(=O)N(Cc2cnc3ccccn23)C1. The van der Waals surface area contributed by atoms with Crippen LogP contribution in [-0.4, -0.2) is 26.7 Å². The number of likely N-dealkylation sites (tertiary alicyclic amines) is 1. The monoisotopic (exact) mass is 257 g/mol. The molecule has 0 radical (unpaired) electrons. The van der Waals surface area contributed by atoms with Crippen LogP contribution in [-0.2, 0) is 11.3 Å². The first-order valence-corrected chi connectivity index (χ1v) is 6.96. The number of amides is 1. The summed E-state index contributed by atoms with van der Waals surface area (Å²) in [6.07, 6.45) is 6.89. The Morgan fingerprint density at radius 3 is 3.16 bits per heavy atom. The van der Waals surface area contributed by atoms with Crippen LogP contribution in [0, 0.1) is 5.92 Å². The highest BCUT2D eigenvalue weighted by atomic mass is 16.2. The molecule has 4 nitrogen and oxygen atoms in total. The van der Waals surface area contributed by atoms with Crippen LogP contribution in [0.25, 0.3) is 5.65 Å². The van der Waals surface area contributed by atoms with Gasteiger partial charge < -0.3 is 9.30 Å². The largest absolute Gasteiger partial charge is 0.337 e. The van der Waals surface area contributed by atoms with Crippen molar-refractivity contribution in [3.8, 4) is 0 Å². The number of imidazole rings is 1. The molecule has 3 heterocycles. The van der Waals surface area contributed by atoms with Gasteiger partial charge in [-0.3, -0.25) is 4.79 Å². The van der Waals surface area contributed by atoms with Crippen LogP contribution >= 0.6 is 0 Å². The Labute approximate surface area is 113 Å². The molecule has 100 valence electrons. The van der Waals surface area contributed by atoms with E-state index in [1.807, 2.05) is 35.5 Å². The predicted molar refractivity (Wildman–Crippen MR) is 73.6 cm³/mol. The van der Waals surface area contributed by atoms with Crippen molar-refractivity contribution in [3.05, 3.63) is 36.3 Å². The summed E-state index contributed by atoms with van der Waals surface area (Å²) in [7, 11) is 0. The van der Waals surface area contributed by atoms with E-state index in [1.165, 1.54) is 0 Å². The predicted octanol–water partition coefficient (Wildman–Crippen LogP) is 2.48. The second-order valence-electron chi connectivity index (χ2n) is 5.31. The van der Waals surface area contributed by atoms with Gasteiger partial charge in [-0.15, -0.1) is 0 Å². The second-order valence-corrected chi connectivity index (χ2v) is 5.31. The molecule has 4 heteroatoms. The van der Waals surface area contributed by atoms with E-state index in [2.05, 4.69) is 16.3 Å². The lowest BCUT2D eigenvalue weighted by molar-refractivity contribution is -0.128. The highest BCUT2D eigenvalue weighted by molar-refractivity contribution is 5.78. The molecule has 0 saturated carbocycles. The first-order chi connectivity index (χ1) is 9.28. The van der Waals surface area contributed by atoms with Crippen molar-refractivity contribution in [1.82, 2.24) is 14.3 Å². The molecule has 1 fully saturated rings. The number of hydrogen-bond donors (Lipinski definition) is 0. The molecule has 1 unspecified atom stereocenters. The Kier molecular flexibility index (Phi) is 3.23. The van der Waals surface area contributed by atoms with Crippen LogP contribution in [0.1, 0.15) is 31.9 Å². The Hall–Kier alpha value is -1.84. The third-order valence-corrected chi connectivity index (χ3v) is 3.84. The fourth-order valence-electron chi connectivity index (χ4n) is 2.91. The summed E-state index contributed by atoms with van der Waals surface area (Å²) in [5.41, 5.74) is 2.02. The summed E-state index contributed by atoms with van der Waals surface area (Å²) in [4.78, 5) is 18.4. The molecule has 0 N–H and O–H groups in total. The minimum atomic E-state index is 0.282. The van der Waals surface area contributed by atoms with Crippen molar-refractivity contribution in [3.63, 3.8) is 0 Å². The molecular weight excluding hydrogens is 238 g/mol. The zero-order valence-electron chi connectivity index (χ0n) is 11.2. The molecule has 0 aliphatic carbocycles. The third-order valence-electron chi connectivity index (χ3n) is 3.84. The minimum Gasteiger partial charge on any atom is -0.337 e. The molecule has 0 spiro atoms. The van der Waals surface area contributed by atoms with E-state index in [1.54, 1.807) is 0 Å². The van der Waals surface area contributed by atoms with E-state index in [-0.39, 0.29) is 5.91 Å². The summed E-state index contributed by atoms with van der Waals surface area (Å²) in [5.74, 6) is 0.820. The third kappa shape index (κ3) is 2.35. The van der Waals surface area contributed by atoms with E-state index in [0.29, 0.717) is 18.9 Å². The molecule has 1 saturated heterocycles. The van der Waals surface area contributed by atoms with Gasteiger partial charge in [-0.25, -0.2) is 4.98 Å². The van der Waals surface area contributed by atoms with Crippen LogP contribution in [0.5, 0.6) is 0 Å². The van der Waals surface area contributed by atoms with Crippen molar-refractivity contribution in [2.24, 2.45) is 5.92 Å². The van der Waals surface area contributed by atoms with Gasteiger partial charge in [-0.1, -0.05) is 19.4 Å². The Bertz CT molecular complexity index is 590. The highest BCUT2D eigenvalue weighted by Crippen LogP contribution is 2.23. The summed E-state index contributed by atoms with van der Waals surface area (Å²) < 4.78 is 2.06. The first-order valence-electron chi connectivity index (χ1n) is 6.96. The fourth-order valence-corrected chi connectivity index (χ4v) is 2.91. The van der Waals surface area contributed by atoms with Crippen LogP contribution in [0.3, 0.4) is 0 Å². The minimum absolute atomic E-state index is 0.282. The molecule has 1 aliphatic rings. The number of rotatable bonds is 4. The summed E-state index contributed by atoms with van der Waals surface area (Å²) in [6.45, 7) is 3.74. The molecule has 0 bridgehead atoms. The van der Waals surface area contributed by atoms with Crippen LogP contribution in [0.4, 0.5) is 0 Å². The van der Waals surface area contributed by atoms with Crippen molar-refractivity contribution < 1.29 is 4.79 Å². The topological polar surface area (TPSA) is 37.6 Å². The van der Waals surface area contributed by atoms with E-state index >= 15 is 0 Å². The number of carbonyl (C=O) groups is 1. The van der Waals surface area contributed by atoms with Crippen molar-refractivity contribution in [2.75, 3.05) is 6.54 Å². The van der Waals surface area contributed by atoms with E-state index < -0.39 is 0 Å². The van der Waals surface area contributed by atoms with Gasteiger partial charge in [-0.05, 0) is 24.5 Å². The van der Waals surface area contributed by atoms with Crippen LogP contribution in [0.15, 0.2) is 30.6 Å². The molecule has 2 aromatic heterocycles. The molecular formula is C15H19N3O. The van der Waals surface area contributed by atoms with Gasteiger partial charge in [0.05, 0.1) is 18.4 Å². The van der Waals surface area contributed by atoms with Crippen molar-refractivity contribution >= 4 is 11.6 Å². The maximum atomic E-state index is 12.0. The quantitative estimate of drug-likeness (QED) is 0.844. The second kappa shape index (κ2) is 5.03. The number of pyridine rings is 1. The maximum Gasteiger partial charge on any atom is 0.223 e. The number of nitrogens with zero attached hydrogens (tertiary/aromatic N) is 3. The van der Waals surface area contributed by atoms with Crippen molar-refractivity contribution in [2.45, 2.75) is 32.7 Å².